The molecule has 0 saturated carbocycles. The van der Waals surface area contributed by atoms with E-state index in [1.54, 1.807) is 4.31 Å². The molecule has 2 aliphatic heterocycles. The Balaban J connectivity index is 2.30. The molecule has 2 atom stereocenters. The van der Waals surface area contributed by atoms with E-state index in [4.69, 9.17) is 5.11 Å². The molecule has 2 rings (SSSR count). The highest BCUT2D eigenvalue weighted by Gasteiger charge is 2.66. The number of rotatable bonds is 1. The number of carboxylic acid groups (broad SMARTS) is 1. The van der Waals surface area contributed by atoms with E-state index in [2.05, 4.69) is 0 Å². The summed E-state index contributed by atoms with van der Waals surface area (Å²) in [7, 11) is 0. The Morgan fingerprint density at radius 3 is 2.69 bits per heavy atom. The van der Waals surface area contributed by atoms with Crippen molar-refractivity contribution in [1.29, 1.82) is 0 Å². The van der Waals surface area contributed by atoms with E-state index in [-0.39, 0.29) is 22.4 Å². The lowest BCUT2D eigenvalue weighted by Crippen LogP contribution is -2.56. The number of hydrogen-bond donors (Lipinski definition) is 1. The molecule has 13 heavy (non-hydrogen) atoms. The Kier molecular flexibility index (Phi) is 1.64. The predicted octanol–water partition coefficient (Wildman–Crippen LogP) is -0.145. The molecular formula is C8H12NO3S+. The van der Waals surface area contributed by atoms with Gasteiger partial charge in [0.2, 0.25) is 5.75 Å². The second-order valence-electron chi connectivity index (χ2n) is 4.20. The highest BCUT2D eigenvalue weighted by Crippen LogP contribution is 2.43. The van der Waals surface area contributed by atoms with Gasteiger partial charge in [0.1, 0.15) is 16.8 Å². The van der Waals surface area contributed by atoms with Gasteiger partial charge in [-0.25, -0.2) is 4.79 Å². The third kappa shape index (κ3) is 1.06. The lowest BCUT2D eigenvalue weighted by atomic mass is 9.87. The number of carboxylic acids is 1. The van der Waals surface area contributed by atoms with Crippen LogP contribution in [0.1, 0.15) is 13.8 Å². The standard InChI is InChI=1S/C8H11NO3S/c1-8(2)4-13-3-5(10)9(13)6(8)7(11)12/h6H,3-4H2,1-2H3/p+1. The minimum atomic E-state index is -0.868. The van der Waals surface area contributed by atoms with Gasteiger partial charge in [-0.15, -0.1) is 4.31 Å². The van der Waals surface area contributed by atoms with Crippen molar-refractivity contribution in [3.8, 4) is 0 Å². The summed E-state index contributed by atoms with van der Waals surface area (Å²) in [4.78, 5) is 22.1. The van der Waals surface area contributed by atoms with Crippen molar-refractivity contribution in [3.05, 3.63) is 0 Å². The summed E-state index contributed by atoms with van der Waals surface area (Å²) in [5, 5.41) is 9.00. The molecular weight excluding hydrogens is 190 g/mol. The third-order valence-electron chi connectivity index (χ3n) is 2.56. The van der Waals surface area contributed by atoms with Crippen LogP contribution in [0.4, 0.5) is 0 Å². The van der Waals surface area contributed by atoms with Gasteiger partial charge in [-0.05, 0) is 0 Å². The molecule has 0 aromatic rings. The second-order valence-corrected chi connectivity index (χ2v) is 6.10. The van der Waals surface area contributed by atoms with Gasteiger partial charge in [0, 0.05) is 5.41 Å². The van der Waals surface area contributed by atoms with Crippen LogP contribution in [-0.2, 0) is 20.7 Å². The maximum Gasteiger partial charge on any atom is 0.332 e. The molecule has 0 aliphatic carbocycles. The molecule has 5 heteroatoms. The van der Waals surface area contributed by atoms with Crippen molar-refractivity contribution in [2.75, 3.05) is 11.5 Å². The summed E-state index contributed by atoms with van der Waals surface area (Å²) in [6.07, 6.45) is 0. The molecule has 2 saturated heterocycles. The fourth-order valence-electron chi connectivity index (χ4n) is 2.03. The SMILES string of the molecule is CC1(C)C[S+]2CC(=O)N2C1C(=O)O. The molecule has 2 unspecified atom stereocenters. The van der Waals surface area contributed by atoms with Crippen molar-refractivity contribution < 1.29 is 14.7 Å². The van der Waals surface area contributed by atoms with Crippen LogP contribution < -0.4 is 0 Å². The Morgan fingerprint density at radius 2 is 2.31 bits per heavy atom. The number of carbonyl (C=O) groups excluding carboxylic acids is 1. The summed E-state index contributed by atoms with van der Waals surface area (Å²) in [5.41, 5.74) is -0.263. The Morgan fingerprint density at radius 1 is 1.69 bits per heavy atom. The van der Waals surface area contributed by atoms with Crippen LogP contribution in [0.2, 0.25) is 0 Å². The van der Waals surface area contributed by atoms with E-state index in [1.807, 2.05) is 13.8 Å². The van der Waals surface area contributed by atoms with Gasteiger partial charge in [-0.3, -0.25) is 4.79 Å². The van der Waals surface area contributed by atoms with Gasteiger partial charge < -0.3 is 5.11 Å². The van der Waals surface area contributed by atoms with Gasteiger partial charge in [0.25, 0.3) is 0 Å². The Bertz CT molecular complexity index is 289. The topological polar surface area (TPSA) is 57.6 Å². The van der Waals surface area contributed by atoms with E-state index >= 15 is 0 Å². The molecule has 0 radical (unpaired) electrons. The maximum atomic E-state index is 11.2. The smallest absolute Gasteiger partial charge is 0.332 e. The van der Waals surface area contributed by atoms with Gasteiger partial charge in [0.15, 0.2) is 6.04 Å². The third-order valence-corrected chi connectivity index (χ3v) is 5.19. The summed E-state index contributed by atoms with van der Waals surface area (Å²) < 4.78 is 1.56. The van der Waals surface area contributed by atoms with Crippen LogP contribution in [0.15, 0.2) is 0 Å². The first-order valence-corrected chi connectivity index (χ1v) is 5.68. The van der Waals surface area contributed by atoms with Crippen LogP contribution in [0, 0.1) is 5.41 Å². The van der Waals surface area contributed by atoms with Crippen LogP contribution in [0.3, 0.4) is 0 Å². The molecule has 0 aromatic heterocycles. The van der Waals surface area contributed by atoms with E-state index in [1.165, 1.54) is 0 Å². The molecule has 2 fully saturated rings. The first-order chi connectivity index (χ1) is 5.93. The van der Waals surface area contributed by atoms with E-state index in [0.717, 1.165) is 5.75 Å². The van der Waals surface area contributed by atoms with Crippen LogP contribution in [-0.4, -0.2) is 38.8 Å². The molecule has 1 amide bonds. The molecule has 4 nitrogen and oxygen atoms in total. The molecule has 0 bridgehead atoms. The summed E-state index contributed by atoms with van der Waals surface area (Å²) in [6, 6.07) is -0.600. The largest absolute Gasteiger partial charge is 0.480 e. The first-order valence-electron chi connectivity index (χ1n) is 4.16. The lowest BCUT2D eigenvalue weighted by Gasteiger charge is -2.27. The van der Waals surface area contributed by atoms with Gasteiger partial charge in [-0.2, -0.15) is 0 Å². The molecule has 2 aliphatic rings. The fourth-order valence-corrected chi connectivity index (χ4v) is 4.66. The van der Waals surface area contributed by atoms with E-state index in [9.17, 15) is 9.59 Å². The zero-order valence-electron chi connectivity index (χ0n) is 7.61. The highest BCUT2D eigenvalue weighted by atomic mass is 32.2. The molecule has 0 spiro atoms. The van der Waals surface area contributed by atoms with Crippen molar-refractivity contribution in [2.24, 2.45) is 5.41 Å². The van der Waals surface area contributed by atoms with Gasteiger partial charge in [-0.1, -0.05) is 13.8 Å². The van der Waals surface area contributed by atoms with Gasteiger partial charge >= 0.3 is 11.9 Å². The summed E-state index contributed by atoms with van der Waals surface area (Å²) in [6.45, 7) is 3.84. The molecule has 72 valence electrons. The average molecular weight is 202 g/mol. The predicted molar refractivity (Wildman–Crippen MR) is 49.1 cm³/mol. The normalized spacial score (nSPS) is 35.5. The lowest BCUT2D eigenvalue weighted by molar-refractivity contribution is -0.148. The number of fused-ring (bicyclic) bond motifs is 1. The number of aliphatic carboxylic acids is 1. The minimum Gasteiger partial charge on any atom is -0.480 e. The quantitative estimate of drug-likeness (QED) is 0.602. The number of carbonyl (C=O) groups is 2. The van der Waals surface area contributed by atoms with Crippen LogP contribution in [0.25, 0.3) is 0 Å². The average Bonchev–Trinajstić information content (AvgIpc) is 2.18. The van der Waals surface area contributed by atoms with Crippen LogP contribution >= 0.6 is 0 Å². The van der Waals surface area contributed by atoms with E-state index in [0.29, 0.717) is 5.75 Å². The fraction of sp³-hybridized carbons (Fsp3) is 0.750. The zero-order valence-corrected chi connectivity index (χ0v) is 8.43. The molecule has 1 N–H and O–H groups in total. The Hall–Kier alpha value is -0.710. The zero-order chi connectivity index (χ0) is 9.80. The molecule has 2 heterocycles. The van der Waals surface area contributed by atoms with Crippen LogP contribution in [0.5, 0.6) is 0 Å². The van der Waals surface area contributed by atoms with Crippen molar-refractivity contribution in [1.82, 2.24) is 4.31 Å². The van der Waals surface area contributed by atoms with Gasteiger partial charge in [0.05, 0.1) is 0 Å². The van der Waals surface area contributed by atoms with Crippen molar-refractivity contribution in [2.45, 2.75) is 19.9 Å². The molecule has 0 aromatic carbocycles. The van der Waals surface area contributed by atoms with E-state index < -0.39 is 12.0 Å². The second kappa shape index (κ2) is 2.41. The highest BCUT2D eigenvalue weighted by molar-refractivity contribution is 7.98. The Labute approximate surface area is 79.4 Å². The number of hydrogen-bond acceptors (Lipinski definition) is 2. The maximum absolute atomic E-state index is 11.2. The monoisotopic (exact) mass is 202 g/mol. The minimum absolute atomic E-state index is 0.00121. The summed E-state index contributed by atoms with van der Waals surface area (Å²) in [5.74, 6) is 0.539. The van der Waals surface area contributed by atoms with Crippen molar-refractivity contribution in [3.63, 3.8) is 0 Å². The summed E-state index contributed by atoms with van der Waals surface area (Å²) >= 11 is -0.0843. The number of amides is 1. The number of nitrogens with zero attached hydrogens (tertiary/aromatic N) is 1. The van der Waals surface area contributed by atoms with Crippen molar-refractivity contribution >= 4 is 23.0 Å². The first kappa shape index (κ1) is 8.87.